The molecule has 1 unspecified atom stereocenters. The maximum atomic E-state index is 12.7. The molecule has 1 aliphatic rings. The zero-order valence-electron chi connectivity index (χ0n) is 11.0. The maximum Gasteiger partial charge on any atom is 0.261 e. The lowest BCUT2D eigenvalue weighted by atomic mass is 9.99. The molecule has 1 amide bonds. The van der Waals surface area contributed by atoms with Crippen LogP contribution in [0.3, 0.4) is 0 Å². The highest BCUT2D eigenvalue weighted by atomic mass is 79.9. The van der Waals surface area contributed by atoms with Gasteiger partial charge >= 0.3 is 0 Å². The first kappa shape index (κ1) is 13.3. The van der Waals surface area contributed by atoms with Gasteiger partial charge in [-0.15, -0.1) is 0 Å². The molecule has 0 fully saturated rings. The predicted octanol–water partition coefficient (Wildman–Crippen LogP) is 3.66. The van der Waals surface area contributed by atoms with Gasteiger partial charge in [-0.3, -0.25) is 9.69 Å². The molecule has 2 aromatic rings. The highest BCUT2D eigenvalue weighted by Gasteiger charge is 2.48. The minimum Gasteiger partial charge on any atom is -0.366 e. The molecule has 1 heterocycles. The number of halogens is 1. The second kappa shape index (κ2) is 4.72. The van der Waals surface area contributed by atoms with E-state index >= 15 is 0 Å². The van der Waals surface area contributed by atoms with E-state index < -0.39 is 5.72 Å². The lowest BCUT2D eigenvalue weighted by Crippen LogP contribution is -2.43. The van der Waals surface area contributed by atoms with Gasteiger partial charge in [0.05, 0.1) is 0 Å². The van der Waals surface area contributed by atoms with Crippen molar-refractivity contribution in [3.8, 4) is 0 Å². The van der Waals surface area contributed by atoms with Gasteiger partial charge < -0.3 is 5.11 Å². The van der Waals surface area contributed by atoms with E-state index in [0.29, 0.717) is 23.2 Å². The molecule has 2 aromatic carbocycles. The van der Waals surface area contributed by atoms with Gasteiger partial charge in [-0.1, -0.05) is 47.1 Å². The van der Waals surface area contributed by atoms with Crippen LogP contribution in [0.5, 0.6) is 0 Å². The van der Waals surface area contributed by atoms with E-state index in [1.807, 2.05) is 49.4 Å². The van der Waals surface area contributed by atoms with Crippen LogP contribution in [-0.2, 0) is 5.72 Å². The van der Waals surface area contributed by atoms with Crippen molar-refractivity contribution >= 4 is 27.5 Å². The number of para-hydroxylation sites is 1. The predicted molar refractivity (Wildman–Crippen MR) is 81.6 cm³/mol. The van der Waals surface area contributed by atoms with Crippen LogP contribution in [0, 0.1) is 0 Å². The molecule has 0 aliphatic carbocycles. The second-order valence-electron chi connectivity index (χ2n) is 4.84. The van der Waals surface area contributed by atoms with Gasteiger partial charge in [-0.2, -0.15) is 0 Å². The van der Waals surface area contributed by atoms with Crippen LogP contribution >= 0.6 is 15.9 Å². The quantitative estimate of drug-likeness (QED) is 0.912. The Balaban J connectivity index is 2.21. The summed E-state index contributed by atoms with van der Waals surface area (Å²) < 4.78 is 0.831. The van der Waals surface area contributed by atoms with Crippen molar-refractivity contribution in [3.05, 3.63) is 64.1 Å². The largest absolute Gasteiger partial charge is 0.366 e. The molecule has 4 heteroatoms. The van der Waals surface area contributed by atoms with Crippen molar-refractivity contribution in [3.63, 3.8) is 0 Å². The number of hydrogen-bond acceptors (Lipinski definition) is 2. The SMILES string of the molecule is CCC1(O)c2ccc(Br)cc2C(=O)N1c1ccccc1. The van der Waals surface area contributed by atoms with Gasteiger partial charge in [0.1, 0.15) is 0 Å². The normalized spacial score (nSPS) is 21.1. The summed E-state index contributed by atoms with van der Waals surface area (Å²) in [6, 6.07) is 14.7. The van der Waals surface area contributed by atoms with Crippen LogP contribution in [0.15, 0.2) is 53.0 Å². The molecule has 3 rings (SSSR count). The van der Waals surface area contributed by atoms with E-state index in [2.05, 4.69) is 15.9 Å². The molecule has 3 nitrogen and oxygen atoms in total. The summed E-state index contributed by atoms with van der Waals surface area (Å²) >= 11 is 3.38. The summed E-state index contributed by atoms with van der Waals surface area (Å²) in [6.07, 6.45) is 0.433. The molecule has 0 saturated heterocycles. The topological polar surface area (TPSA) is 40.5 Å². The van der Waals surface area contributed by atoms with Crippen molar-refractivity contribution in [2.75, 3.05) is 4.90 Å². The zero-order valence-corrected chi connectivity index (χ0v) is 12.6. The molecule has 1 atom stereocenters. The average Bonchev–Trinajstić information content (AvgIpc) is 2.69. The fourth-order valence-corrected chi connectivity index (χ4v) is 3.07. The van der Waals surface area contributed by atoms with Gasteiger partial charge in [-0.25, -0.2) is 0 Å². The molecule has 0 radical (unpaired) electrons. The summed E-state index contributed by atoms with van der Waals surface area (Å²) in [4.78, 5) is 14.1. The number of hydrogen-bond donors (Lipinski definition) is 1. The van der Waals surface area contributed by atoms with E-state index in [-0.39, 0.29) is 5.91 Å². The Morgan fingerprint density at radius 1 is 1.20 bits per heavy atom. The molecule has 0 bridgehead atoms. The van der Waals surface area contributed by atoms with Crippen LogP contribution in [0.4, 0.5) is 5.69 Å². The van der Waals surface area contributed by atoms with E-state index in [0.717, 1.165) is 4.47 Å². The van der Waals surface area contributed by atoms with Crippen LogP contribution in [0.25, 0.3) is 0 Å². The molecule has 0 aromatic heterocycles. The Morgan fingerprint density at radius 2 is 1.90 bits per heavy atom. The van der Waals surface area contributed by atoms with Crippen molar-refractivity contribution in [1.82, 2.24) is 0 Å². The maximum absolute atomic E-state index is 12.7. The molecule has 102 valence electrons. The van der Waals surface area contributed by atoms with E-state index in [1.165, 1.54) is 4.90 Å². The summed E-state index contributed by atoms with van der Waals surface area (Å²) in [5.74, 6) is -0.170. The number of aliphatic hydroxyl groups is 1. The molecular formula is C16H14BrNO2. The monoisotopic (exact) mass is 331 g/mol. The van der Waals surface area contributed by atoms with Crippen molar-refractivity contribution in [1.29, 1.82) is 0 Å². The fourth-order valence-electron chi connectivity index (χ4n) is 2.71. The number of nitrogens with zero attached hydrogens (tertiary/aromatic N) is 1. The van der Waals surface area contributed by atoms with E-state index in [9.17, 15) is 9.90 Å². The smallest absolute Gasteiger partial charge is 0.261 e. The zero-order chi connectivity index (χ0) is 14.3. The van der Waals surface area contributed by atoms with E-state index in [1.54, 1.807) is 6.07 Å². The van der Waals surface area contributed by atoms with Gasteiger partial charge in [0, 0.05) is 21.3 Å². The fraction of sp³-hybridized carbons (Fsp3) is 0.188. The van der Waals surface area contributed by atoms with Crippen LogP contribution in [0.1, 0.15) is 29.3 Å². The average molecular weight is 332 g/mol. The van der Waals surface area contributed by atoms with Crippen LogP contribution in [0.2, 0.25) is 0 Å². The third-order valence-corrected chi connectivity index (χ3v) is 4.22. The van der Waals surface area contributed by atoms with Gasteiger partial charge in [0.25, 0.3) is 5.91 Å². The number of anilines is 1. The first-order valence-corrected chi connectivity index (χ1v) is 7.29. The molecule has 20 heavy (non-hydrogen) atoms. The second-order valence-corrected chi connectivity index (χ2v) is 5.75. The number of amides is 1. The van der Waals surface area contributed by atoms with Crippen LogP contribution < -0.4 is 4.90 Å². The lowest BCUT2D eigenvalue weighted by molar-refractivity contribution is 0.0358. The lowest BCUT2D eigenvalue weighted by Gasteiger charge is -2.33. The molecule has 1 aliphatic heterocycles. The highest BCUT2D eigenvalue weighted by Crippen LogP contribution is 2.43. The van der Waals surface area contributed by atoms with Crippen molar-refractivity contribution < 1.29 is 9.90 Å². The Morgan fingerprint density at radius 3 is 2.55 bits per heavy atom. The van der Waals surface area contributed by atoms with Gasteiger partial charge in [0.2, 0.25) is 0 Å². The van der Waals surface area contributed by atoms with Crippen molar-refractivity contribution in [2.45, 2.75) is 19.1 Å². The third-order valence-electron chi connectivity index (χ3n) is 3.72. The molecular weight excluding hydrogens is 318 g/mol. The van der Waals surface area contributed by atoms with Gasteiger partial charge in [-0.05, 0) is 30.7 Å². The number of benzene rings is 2. The summed E-state index contributed by atoms with van der Waals surface area (Å²) in [7, 11) is 0. The van der Waals surface area contributed by atoms with Crippen molar-refractivity contribution in [2.24, 2.45) is 0 Å². The Bertz CT molecular complexity index is 671. The van der Waals surface area contributed by atoms with Crippen LogP contribution in [-0.4, -0.2) is 11.0 Å². The third kappa shape index (κ3) is 1.79. The van der Waals surface area contributed by atoms with E-state index in [4.69, 9.17) is 0 Å². The first-order valence-electron chi connectivity index (χ1n) is 6.50. The number of fused-ring (bicyclic) bond motifs is 1. The molecule has 0 saturated carbocycles. The molecule has 1 N–H and O–H groups in total. The Labute approximate surface area is 126 Å². The Kier molecular flexibility index (Phi) is 3.15. The summed E-state index contributed by atoms with van der Waals surface area (Å²) in [6.45, 7) is 1.88. The molecule has 0 spiro atoms. The minimum absolute atomic E-state index is 0.170. The number of carbonyl (C=O) groups is 1. The minimum atomic E-state index is -1.28. The standard InChI is InChI=1S/C16H14BrNO2/c1-2-16(20)14-9-8-11(17)10-13(14)15(19)18(16)12-6-4-3-5-7-12/h3-10,20H,2H2,1H3. The highest BCUT2D eigenvalue weighted by molar-refractivity contribution is 9.10. The number of carbonyl (C=O) groups excluding carboxylic acids is 1. The number of rotatable bonds is 2. The first-order chi connectivity index (χ1) is 9.58. The summed E-state index contributed by atoms with van der Waals surface area (Å²) in [5.41, 5.74) is 0.632. The Hall–Kier alpha value is -1.65. The summed E-state index contributed by atoms with van der Waals surface area (Å²) in [5, 5.41) is 11.0. The van der Waals surface area contributed by atoms with Gasteiger partial charge in [0.15, 0.2) is 5.72 Å².